The van der Waals surface area contributed by atoms with Crippen molar-refractivity contribution in [3.63, 3.8) is 0 Å². The van der Waals surface area contributed by atoms with Crippen LogP contribution in [0.4, 0.5) is 0 Å². The Morgan fingerprint density at radius 3 is 2.95 bits per heavy atom. The number of hydrogen-bond acceptors (Lipinski definition) is 5. The first-order valence-corrected chi connectivity index (χ1v) is 7.94. The Kier molecular flexibility index (Phi) is 5.65. The van der Waals surface area contributed by atoms with Gasteiger partial charge in [0.25, 0.3) is 5.91 Å². The first-order chi connectivity index (χ1) is 10.6. The van der Waals surface area contributed by atoms with Crippen molar-refractivity contribution in [2.24, 2.45) is 0 Å². The van der Waals surface area contributed by atoms with Gasteiger partial charge in [0, 0.05) is 4.88 Å². The number of carboxylic acid groups (broad SMARTS) is 1. The Morgan fingerprint density at radius 2 is 2.32 bits per heavy atom. The van der Waals surface area contributed by atoms with E-state index in [1.54, 1.807) is 16.0 Å². The molecule has 8 heteroatoms. The number of nitrogens with one attached hydrogen (secondary N) is 1. The van der Waals surface area contributed by atoms with Crippen molar-refractivity contribution in [3.05, 3.63) is 34.3 Å². The second kappa shape index (κ2) is 7.69. The smallest absolute Gasteiger partial charge is 0.326 e. The van der Waals surface area contributed by atoms with E-state index in [0.29, 0.717) is 13.0 Å². The number of rotatable bonds is 8. The van der Waals surface area contributed by atoms with Crippen molar-refractivity contribution in [3.8, 4) is 0 Å². The minimum atomic E-state index is -1.03. The predicted octanol–water partition coefficient (Wildman–Crippen LogP) is 1.76. The van der Waals surface area contributed by atoms with E-state index in [0.717, 1.165) is 17.7 Å². The predicted molar refractivity (Wildman–Crippen MR) is 81.9 cm³/mol. The van der Waals surface area contributed by atoms with Gasteiger partial charge in [-0.3, -0.25) is 4.79 Å². The van der Waals surface area contributed by atoms with Gasteiger partial charge < -0.3 is 10.4 Å². The maximum absolute atomic E-state index is 12.1. The maximum Gasteiger partial charge on any atom is 0.326 e. The zero-order chi connectivity index (χ0) is 15.9. The summed E-state index contributed by atoms with van der Waals surface area (Å²) in [6.07, 6.45) is 3.54. The van der Waals surface area contributed by atoms with Crippen LogP contribution in [0.2, 0.25) is 0 Å². The van der Waals surface area contributed by atoms with Crippen LogP contribution in [0.5, 0.6) is 0 Å². The third-order valence-electron chi connectivity index (χ3n) is 3.12. The van der Waals surface area contributed by atoms with Crippen LogP contribution in [0.3, 0.4) is 0 Å². The van der Waals surface area contributed by atoms with Crippen molar-refractivity contribution in [1.29, 1.82) is 0 Å². The molecule has 0 saturated heterocycles. The Hall–Kier alpha value is -2.22. The summed E-state index contributed by atoms with van der Waals surface area (Å²) in [6, 6.07) is 3.02. The molecule has 0 radical (unpaired) electrons. The largest absolute Gasteiger partial charge is 0.480 e. The molecule has 7 nitrogen and oxygen atoms in total. The number of carbonyl (C=O) groups is 2. The molecule has 0 fully saturated rings. The van der Waals surface area contributed by atoms with E-state index in [9.17, 15) is 9.59 Å². The Morgan fingerprint density at radius 1 is 1.50 bits per heavy atom. The molecule has 2 aromatic heterocycles. The lowest BCUT2D eigenvalue weighted by Gasteiger charge is -2.12. The summed E-state index contributed by atoms with van der Waals surface area (Å²) < 4.78 is 1.56. The van der Waals surface area contributed by atoms with E-state index in [1.807, 2.05) is 24.4 Å². The lowest BCUT2D eigenvalue weighted by Crippen LogP contribution is -2.40. The molecule has 1 amide bonds. The second-order valence-corrected chi connectivity index (χ2v) is 5.92. The minimum Gasteiger partial charge on any atom is -0.480 e. The standard InChI is InChI=1S/C14H18N4O3S/c1-2-3-6-11(14(20)21)15-13(19)12-9-18(17-16-12)8-10-5-4-7-22-10/h4-5,7,9,11H,2-3,6,8H2,1H3,(H,15,19)(H,20,21)/t11-/m0/s1. The number of aliphatic carboxylic acids is 1. The number of carbonyl (C=O) groups excluding carboxylic acids is 1. The average Bonchev–Trinajstić information content (AvgIpc) is 3.15. The topological polar surface area (TPSA) is 97.1 Å². The SMILES string of the molecule is CCCC[C@H](NC(=O)c1cn(Cc2cccs2)nn1)C(=O)O. The van der Waals surface area contributed by atoms with Gasteiger partial charge in [0.1, 0.15) is 6.04 Å². The Labute approximate surface area is 132 Å². The van der Waals surface area contributed by atoms with Gasteiger partial charge in [-0.2, -0.15) is 0 Å². The average molecular weight is 322 g/mol. The van der Waals surface area contributed by atoms with Crippen LogP contribution in [0.25, 0.3) is 0 Å². The van der Waals surface area contributed by atoms with Crippen LogP contribution in [-0.4, -0.2) is 38.0 Å². The molecular weight excluding hydrogens is 304 g/mol. The van der Waals surface area contributed by atoms with Gasteiger partial charge in [-0.25, -0.2) is 9.48 Å². The fraction of sp³-hybridized carbons (Fsp3) is 0.429. The molecule has 2 rings (SSSR count). The molecule has 2 heterocycles. The molecule has 0 bridgehead atoms. The Balaban J connectivity index is 1.97. The molecule has 0 spiro atoms. The molecule has 1 atom stereocenters. The molecular formula is C14H18N4O3S. The summed E-state index contributed by atoms with van der Waals surface area (Å²) in [7, 11) is 0. The van der Waals surface area contributed by atoms with Crippen molar-refractivity contribution in [1.82, 2.24) is 20.3 Å². The molecule has 0 aliphatic rings. The fourth-order valence-electron chi connectivity index (χ4n) is 1.94. The second-order valence-electron chi connectivity index (χ2n) is 4.89. The van der Waals surface area contributed by atoms with Gasteiger partial charge >= 0.3 is 5.97 Å². The van der Waals surface area contributed by atoms with E-state index in [1.165, 1.54) is 6.20 Å². The van der Waals surface area contributed by atoms with Crippen LogP contribution in [-0.2, 0) is 11.3 Å². The molecule has 2 N–H and O–H groups in total. The van der Waals surface area contributed by atoms with E-state index in [-0.39, 0.29) is 5.69 Å². The van der Waals surface area contributed by atoms with E-state index in [4.69, 9.17) is 5.11 Å². The highest BCUT2D eigenvalue weighted by Gasteiger charge is 2.21. The van der Waals surface area contributed by atoms with Gasteiger partial charge in [-0.05, 0) is 17.9 Å². The van der Waals surface area contributed by atoms with E-state index in [2.05, 4.69) is 15.6 Å². The van der Waals surface area contributed by atoms with Crippen LogP contribution in [0, 0.1) is 0 Å². The van der Waals surface area contributed by atoms with Gasteiger partial charge in [0.05, 0.1) is 12.7 Å². The third kappa shape index (κ3) is 4.39. The highest BCUT2D eigenvalue weighted by atomic mass is 32.1. The number of nitrogens with zero attached hydrogens (tertiary/aromatic N) is 3. The summed E-state index contributed by atoms with van der Waals surface area (Å²) in [5.41, 5.74) is 0.124. The summed E-state index contributed by atoms with van der Waals surface area (Å²) in [6.45, 7) is 2.51. The molecule has 0 saturated carbocycles. The molecule has 0 unspecified atom stereocenters. The molecule has 0 aromatic carbocycles. The summed E-state index contributed by atoms with van der Waals surface area (Å²) >= 11 is 1.59. The van der Waals surface area contributed by atoms with Crippen molar-refractivity contribution >= 4 is 23.2 Å². The highest BCUT2D eigenvalue weighted by molar-refractivity contribution is 7.09. The number of amides is 1. The van der Waals surface area contributed by atoms with Gasteiger partial charge in [-0.15, -0.1) is 16.4 Å². The van der Waals surface area contributed by atoms with Crippen molar-refractivity contribution < 1.29 is 14.7 Å². The number of unbranched alkanes of at least 4 members (excludes halogenated alkanes) is 1. The number of carboxylic acids is 1. The zero-order valence-electron chi connectivity index (χ0n) is 12.2. The minimum absolute atomic E-state index is 0.124. The summed E-state index contributed by atoms with van der Waals surface area (Å²) in [5, 5.41) is 21.3. The monoisotopic (exact) mass is 322 g/mol. The first-order valence-electron chi connectivity index (χ1n) is 7.06. The lowest BCUT2D eigenvalue weighted by atomic mass is 10.1. The highest BCUT2D eigenvalue weighted by Crippen LogP contribution is 2.10. The molecule has 22 heavy (non-hydrogen) atoms. The Bertz CT molecular complexity index is 624. The maximum atomic E-state index is 12.1. The van der Waals surface area contributed by atoms with Gasteiger partial charge in [-0.1, -0.05) is 31.0 Å². The van der Waals surface area contributed by atoms with Crippen molar-refractivity contribution in [2.45, 2.75) is 38.8 Å². The van der Waals surface area contributed by atoms with Crippen LogP contribution < -0.4 is 5.32 Å². The lowest BCUT2D eigenvalue weighted by molar-refractivity contribution is -0.139. The van der Waals surface area contributed by atoms with E-state index >= 15 is 0 Å². The fourth-order valence-corrected chi connectivity index (χ4v) is 2.64. The number of hydrogen-bond donors (Lipinski definition) is 2. The molecule has 0 aliphatic carbocycles. The summed E-state index contributed by atoms with van der Waals surface area (Å²) in [4.78, 5) is 24.3. The zero-order valence-corrected chi connectivity index (χ0v) is 13.0. The van der Waals surface area contributed by atoms with Crippen LogP contribution >= 0.6 is 11.3 Å². The summed E-state index contributed by atoms with van der Waals surface area (Å²) in [5.74, 6) is -1.55. The van der Waals surface area contributed by atoms with Crippen LogP contribution in [0.15, 0.2) is 23.7 Å². The normalized spacial score (nSPS) is 12.0. The van der Waals surface area contributed by atoms with Gasteiger partial charge in [0.2, 0.25) is 0 Å². The molecule has 118 valence electrons. The van der Waals surface area contributed by atoms with Gasteiger partial charge in [0.15, 0.2) is 5.69 Å². The number of thiophene rings is 1. The quantitative estimate of drug-likeness (QED) is 0.772. The first kappa shape index (κ1) is 16.2. The number of aromatic nitrogens is 3. The van der Waals surface area contributed by atoms with E-state index < -0.39 is 17.9 Å². The molecule has 2 aromatic rings. The van der Waals surface area contributed by atoms with Crippen LogP contribution in [0.1, 0.15) is 41.6 Å². The third-order valence-corrected chi connectivity index (χ3v) is 3.98. The van der Waals surface area contributed by atoms with Crippen molar-refractivity contribution in [2.75, 3.05) is 0 Å². The molecule has 0 aliphatic heterocycles.